The zero-order valence-electron chi connectivity index (χ0n) is 21.3. The number of carbonyl (C=O) groups excluding carboxylic acids is 2. The maximum atomic E-state index is 13.1. The molecule has 1 saturated heterocycles. The van der Waals surface area contributed by atoms with Gasteiger partial charge in [-0.2, -0.15) is 0 Å². The molecule has 2 amide bonds. The minimum absolute atomic E-state index is 0.0463. The molecule has 1 fully saturated rings. The molecule has 0 atom stereocenters. The number of rotatable bonds is 8. The molecule has 3 aromatic heterocycles. The van der Waals surface area contributed by atoms with Gasteiger partial charge in [0.2, 0.25) is 11.8 Å². The highest BCUT2D eigenvalue weighted by Gasteiger charge is 2.23. The molecule has 0 spiro atoms. The molecule has 0 saturated carbocycles. The summed E-state index contributed by atoms with van der Waals surface area (Å²) in [6.07, 6.45) is 7.77. The molecule has 39 heavy (non-hydrogen) atoms. The summed E-state index contributed by atoms with van der Waals surface area (Å²) in [5, 5.41) is 6.00. The van der Waals surface area contributed by atoms with Crippen LogP contribution < -0.4 is 10.6 Å². The Labute approximate surface area is 225 Å². The zero-order chi connectivity index (χ0) is 27.4. The fraction of sp³-hybridized carbons (Fsp3) is 0.269. The largest absolute Gasteiger partial charge is 0.360 e. The Morgan fingerprint density at radius 2 is 1.77 bits per heavy atom. The van der Waals surface area contributed by atoms with Crippen LogP contribution in [0.5, 0.6) is 0 Å². The number of nitrogens with one attached hydrogen (secondary N) is 2. The summed E-state index contributed by atoms with van der Waals surface area (Å²) >= 11 is 0. The van der Waals surface area contributed by atoms with E-state index in [4.69, 9.17) is 0 Å². The number of piperazine rings is 1. The Balaban J connectivity index is 1.21. The molecule has 5 rings (SSSR count). The Hall–Kier alpha value is -4.36. The molecule has 0 unspecified atom stereocenters. The van der Waals surface area contributed by atoms with Crippen LogP contribution in [0.2, 0.25) is 0 Å². The van der Waals surface area contributed by atoms with Crippen molar-refractivity contribution in [2.24, 2.45) is 0 Å². The van der Waals surface area contributed by atoms with Gasteiger partial charge in [0, 0.05) is 56.6 Å². The van der Waals surface area contributed by atoms with Crippen LogP contribution in [0.1, 0.15) is 0 Å². The average molecular weight is 549 g/mol. The first-order chi connectivity index (χ1) is 18.8. The first-order valence-corrected chi connectivity index (χ1v) is 14.2. The van der Waals surface area contributed by atoms with Crippen molar-refractivity contribution >= 4 is 38.9 Å². The lowest BCUT2D eigenvalue weighted by Gasteiger charge is -2.34. The number of imidazole rings is 1. The maximum absolute atomic E-state index is 13.1. The van der Waals surface area contributed by atoms with Crippen LogP contribution in [-0.2, 0) is 19.4 Å². The molecule has 1 aromatic carbocycles. The molecule has 1 aliphatic rings. The molecule has 202 valence electrons. The molecule has 4 aromatic rings. The number of hydrogen-bond donors (Lipinski definition) is 2. The summed E-state index contributed by atoms with van der Waals surface area (Å²) in [5.41, 5.74) is 1.88. The van der Waals surface area contributed by atoms with Crippen LogP contribution in [0.3, 0.4) is 0 Å². The Morgan fingerprint density at radius 3 is 2.46 bits per heavy atom. The summed E-state index contributed by atoms with van der Waals surface area (Å²) in [7, 11) is -3.33. The van der Waals surface area contributed by atoms with E-state index in [1.807, 2.05) is 11.0 Å². The normalized spacial score (nSPS) is 14.3. The maximum Gasteiger partial charge on any atom is 0.242 e. The highest BCUT2D eigenvalue weighted by molar-refractivity contribution is 7.90. The molecule has 1 aliphatic heterocycles. The van der Waals surface area contributed by atoms with Crippen LogP contribution >= 0.6 is 0 Å². The minimum atomic E-state index is -3.33. The quantitative estimate of drug-likeness (QED) is 0.334. The van der Waals surface area contributed by atoms with Gasteiger partial charge >= 0.3 is 0 Å². The second-order valence-corrected chi connectivity index (χ2v) is 11.2. The van der Waals surface area contributed by atoms with Crippen LogP contribution in [0, 0.1) is 0 Å². The molecular weight excluding hydrogens is 520 g/mol. The van der Waals surface area contributed by atoms with E-state index in [0.717, 1.165) is 6.26 Å². The lowest BCUT2D eigenvalue weighted by atomic mass is 10.1. The number of nitrogens with zero attached hydrogens (tertiary/aromatic N) is 6. The summed E-state index contributed by atoms with van der Waals surface area (Å²) in [6.45, 7) is 2.46. The van der Waals surface area contributed by atoms with E-state index in [-0.39, 0.29) is 29.8 Å². The van der Waals surface area contributed by atoms with Gasteiger partial charge in [0.15, 0.2) is 15.5 Å². The topological polar surface area (TPSA) is 142 Å². The second kappa shape index (κ2) is 11.2. The number of amides is 2. The Bertz CT molecular complexity index is 1580. The third kappa shape index (κ3) is 6.21. The molecule has 0 aliphatic carbocycles. The van der Waals surface area contributed by atoms with E-state index in [1.54, 1.807) is 58.4 Å². The molecule has 12 nitrogen and oxygen atoms in total. The van der Waals surface area contributed by atoms with Crippen molar-refractivity contribution in [2.45, 2.75) is 4.90 Å². The summed E-state index contributed by atoms with van der Waals surface area (Å²) < 4.78 is 25.5. The van der Waals surface area contributed by atoms with Crippen LogP contribution in [-0.4, -0.2) is 94.9 Å². The summed E-state index contributed by atoms with van der Waals surface area (Å²) in [6, 6.07) is 11.8. The van der Waals surface area contributed by atoms with Gasteiger partial charge in [0.25, 0.3) is 0 Å². The summed E-state index contributed by atoms with van der Waals surface area (Å²) in [5.74, 6) is 0.901. The van der Waals surface area contributed by atoms with Gasteiger partial charge in [-0.05, 0) is 24.3 Å². The zero-order valence-corrected chi connectivity index (χ0v) is 22.1. The van der Waals surface area contributed by atoms with E-state index in [1.165, 1.54) is 12.1 Å². The third-order valence-electron chi connectivity index (χ3n) is 6.42. The number of hydrogen-bond acceptors (Lipinski definition) is 9. The second-order valence-electron chi connectivity index (χ2n) is 9.18. The van der Waals surface area contributed by atoms with Gasteiger partial charge < -0.3 is 15.5 Å². The van der Waals surface area contributed by atoms with Gasteiger partial charge in [-0.15, -0.1) is 0 Å². The predicted molar refractivity (Wildman–Crippen MR) is 146 cm³/mol. The predicted octanol–water partition coefficient (Wildman–Crippen LogP) is 1.39. The van der Waals surface area contributed by atoms with E-state index in [2.05, 4.69) is 25.6 Å². The fourth-order valence-corrected chi connectivity index (χ4v) is 5.02. The first kappa shape index (κ1) is 26.3. The SMILES string of the molecule is CS(=O)(=O)c1ccc(-c2nc3cnccn3c2NCC(=O)N2CCN(CC(=O)Nc3ccccn3)CC2)cc1. The van der Waals surface area contributed by atoms with E-state index in [9.17, 15) is 18.0 Å². The molecular formula is C26H28N8O4S. The van der Waals surface area contributed by atoms with Gasteiger partial charge in [-0.1, -0.05) is 18.2 Å². The van der Waals surface area contributed by atoms with Crippen LogP contribution in [0.25, 0.3) is 16.9 Å². The number of pyridine rings is 1. The van der Waals surface area contributed by atoms with Crippen molar-refractivity contribution < 1.29 is 18.0 Å². The Kier molecular flexibility index (Phi) is 7.52. The van der Waals surface area contributed by atoms with Gasteiger partial charge in [-0.25, -0.2) is 18.4 Å². The molecule has 0 radical (unpaired) electrons. The van der Waals surface area contributed by atoms with Crippen molar-refractivity contribution in [1.29, 1.82) is 0 Å². The summed E-state index contributed by atoms with van der Waals surface area (Å²) in [4.78, 5) is 42.2. The smallest absolute Gasteiger partial charge is 0.242 e. The fourth-order valence-electron chi connectivity index (χ4n) is 4.39. The van der Waals surface area contributed by atoms with E-state index < -0.39 is 9.84 Å². The van der Waals surface area contributed by atoms with Crippen molar-refractivity contribution in [1.82, 2.24) is 29.2 Å². The number of fused-ring (bicyclic) bond motifs is 1. The highest BCUT2D eigenvalue weighted by Crippen LogP contribution is 2.29. The molecule has 13 heteroatoms. The number of benzene rings is 1. The number of aromatic nitrogens is 4. The lowest BCUT2D eigenvalue weighted by Crippen LogP contribution is -2.51. The lowest BCUT2D eigenvalue weighted by molar-refractivity contribution is -0.131. The minimum Gasteiger partial charge on any atom is -0.360 e. The van der Waals surface area contributed by atoms with Crippen LogP contribution in [0.15, 0.2) is 72.1 Å². The average Bonchev–Trinajstić information content (AvgIpc) is 3.31. The molecule has 4 heterocycles. The number of anilines is 2. The Morgan fingerprint density at radius 1 is 1.00 bits per heavy atom. The van der Waals surface area contributed by atoms with Gasteiger partial charge in [0.05, 0.1) is 24.2 Å². The van der Waals surface area contributed by atoms with Crippen LogP contribution in [0.4, 0.5) is 11.6 Å². The number of carbonyl (C=O) groups is 2. The molecule has 0 bridgehead atoms. The van der Waals surface area contributed by atoms with Crippen molar-refractivity contribution in [3.63, 3.8) is 0 Å². The first-order valence-electron chi connectivity index (χ1n) is 12.4. The number of sulfone groups is 1. The van der Waals surface area contributed by atoms with Crippen molar-refractivity contribution in [3.05, 3.63) is 67.3 Å². The monoisotopic (exact) mass is 548 g/mol. The standard InChI is InChI=1S/C26H28N8O4S/c1-39(37,38)20-7-5-19(6-8-20)25-26(34-11-10-27-16-22(34)31-25)29-17-24(36)33-14-12-32(13-15-33)18-23(35)30-21-4-2-3-9-28-21/h2-11,16,29H,12-15,17-18H2,1H3,(H,28,30,35). The van der Waals surface area contributed by atoms with E-state index in [0.29, 0.717) is 54.7 Å². The third-order valence-corrected chi connectivity index (χ3v) is 7.55. The van der Waals surface area contributed by atoms with E-state index >= 15 is 0 Å². The van der Waals surface area contributed by atoms with Crippen molar-refractivity contribution in [2.75, 3.05) is 56.2 Å². The van der Waals surface area contributed by atoms with Crippen molar-refractivity contribution in [3.8, 4) is 11.3 Å². The van der Waals surface area contributed by atoms with Gasteiger partial charge in [0.1, 0.15) is 17.3 Å². The van der Waals surface area contributed by atoms with Gasteiger partial charge in [-0.3, -0.25) is 23.9 Å². The molecule has 2 N–H and O–H groups in total. The highest BCUT2D eigenvalue weighted by atomic mass is 32.2.